The van der Waals surface area contributed by atoms with Crippen molar-refractivity contribution in [2.75, 3.05) is 16.8 Å². The minimum Gasteiger partial charge on any atom is -0.340 e. The number of benzene rings is 3. The fourth-order valence-electron chi connectivity index (χ4n) is 4.82. The third-order valence-corrected chi connectivity index (χ3v) is 6.91. The Balaban J connectivity index is 1.26. The summed E-state index contributed by atoms with van der Waals surface area (Å²) < 4.78 is 2.03. The molecule has 0 radical (unpaired) electrons. The lowest BCUT2D eigenvalue weighted by Gasteiger charge is -2.17. The summed E-state index contributed by atoms with van der Waals surface area (Å²) in [5.41, 5.74) is 9.09. The van der Waals surface area contributed by atoms with Gasteiger partial charge in [0, 0.05) is 35.9 Å². The van der Waals surface area contributed by atoms with Crippen LogP contribution >= 0.6 is 0 Å². The Morgan fingerprint density at radius 2 is 1.89 bits per heavy atom. The number of aromatic nitrogens is 4. The first kappa shape index (κ1) is 22.0. The molecule has 3 aromatic carbocycles. The zero-order valence-electron chi connectivity index (χ0n) is 20.3. The number of nitrogens with one attached hydrogen (secondary N) is 1. The Bertz CT molecular complexity index is 1670. The zero-order valence-corrected chi connectivity index (χ0v) is 20.3. The Kier molecular flexibility index (Phi) is 5.25. The fourth-order valence-corrected chi connectivity index (χ4v) is 4.82. The van der Waals surface area contributed by atoms with E-state index in [0.29, 0.717) is 24.4 Å². The lowest BCUT2D eigenvalue weighted by atomic mass is 9.99. The van der Waals surface area contributed by atoms with Crippen molar-refractivity contribution in [1.29, 1.82) is 0 Å². The number of hydrogen-bond acceptors (Lipinski definition) is 5. The maximum absolute atomic E-state index is 12.5. The Labute approximate surface area is 209 Å². The summed E-state index contributed by atoms with van der Waals surface area (Å²) in [6, 6.07) is 18.7. The molecule has 1 aliphatic heterocycles. The molecule has 0 atom stereocenters. The van der Waals surface area contributed by atoms with Crippen LogP contribution < -0.4 is 10.2 Å². The van der Waals surface area contributed by atoms with Gasteiger partial charge in [-0.1, -0.05) is 18.7 Å². The predicted octanol–water partition coefficient (Wildman–Crippen LogP) is 5.45. The maximum atomic E-state index is 12.5. The number of anilines is 3. The highest BCUT2D eigenvalue weighted by atomic mass is 16.2. The van der Waals surface area contributed by atoms with Crippen LogP contribution in [0.1, 0.15) is 23.1 Å². The van der Waals surface area contributed by atoms with E-state index in [4.69, 9.17) is 0 Å². The van der Waals surface area contributed by atoms with E-state index in [1.54, 1.807) is 11.2 Å². The zero-order chi connectivity index (χ0) is 24.8. The lowest BCUT2D eigenvalue weighted by molar-refractivity contribution is -0.114. The van der Waals surface area contributed by atoms with Crippen molar-refractivity contribution in [2.45, 2.75) is 19.8 Å². The van der Waals surface area contributed by atoms with E-state index in [1.807, 2.05) is 36.1 Å². The first-order chi connectivity index (χ1) is 17.5. The van der Waals surface area contributed by atoms with E-state index in [2.05, 4.69) is 70.2 Å². The predicted molar refractivity (Wildman–Crippen MR) is 144 cm³/mol. The van der Waals surface area contributed by atoms with E-state index in [1.165, 1.54) is 16.7 Å². The highest BCUT2D eigenvalue weighted by Crippen LogP contribution is 2.31. The van der Waals surface area contributed by atoms with Gasteiger partial charge in [0.1, 0.15) is 12.1 Å². The summed E-state index contributed by atoms with van der Waals surface area (Å²) in [6.07, 6.45) is 4.93. The molecule has 0 unspecified atom stereocenters. The van der Waals surface area contributed by atoms with Gasteiger partial charge in [-0.25, -0.2) is 15.0 Å². The molecule has 1 saturated heterocycles. The number of rotatable bonds is 5. The van der Waals surface area contributed by atoms with Crippen LogP contribution in [-0.4, -0.2) is 32.0 Å². The van der Waals surface area contributed by atoms with Gasteiger partial charge >= 0.3 is 0 Å². The summed E-state index contributed by atoms with van der Waals surface area (Å²) in [5.74, 6) is 0.689. The second kappa shape index (κ2) is 8.61. The summed E-state index contributed by atoms with van der Waals surface area (Å²) in [6.45, 7) is 6.64. The molecule has 0 saturated carbocycles. The Morgan fingerprint density at radius 3 is 2.69 bits per heavy atom. The SMILES string of the molecule is C=C1CCN(c2ccc3ncnc(Nc4ccc(Cc5ccc6c(c5)ncn6C)c(C)c4)c3c2)C1=O. The van der Waals surface area contributed by atoms with Crippen LogP contribution in [0.2, 0.25) is 0 Å². The number of fused-ring (bicyclic) bond motifs is 2. The van der Waals surface area contributed by atoms with E-state index in [9.17, 15) is 4.79 Å². The average Bonchev–Trinajstić information content (AvgIpc) is 3.42. The fraction of sp³-hybridized carbons (Fsp3) is 0.172. The number of carbonyl (C=O) groups is 1. The maximum Gasteiger partial charge on any atom is 0.253 e. The van der Waals surface area contributed by atoms with Crippen molar-refractivity contribution in [1.82, 2.24) is 19.5 Å². The van der Waals surface area contributed by atoms with Crippen molar-refractivity contribution in [3.63, 3.8) is 0 Å². The number of imidazole rings is 1. The van der Waals surface area contributed by atoms with Crippen LogP contribution in [0.5, 0.6) is 0 Å². The number of nitrogens with zero attached hydrogens (tertiary/aromatic N) is 5. The van der Waals surface area contributed by atoms with Crippen molar-refractivity contribution >= 4 is 45.0 Å². The third-order valence-electron chi connectivity index (χ3n) is 6.91. The first-order valence-corrected chi connectivity index (χ1v) is 12.0. The smallest absolute Gasteiger partial charge is 0.253 e. The minimum absolute atomic E-state index is 0.0193. The highest BCUT2D eigenvalue weighted by Gasteiger charge is 2.25. The van der Waals surface area contributed by atoms with Crippen LogP contribution in [0, 0.1) is 6.92 Å². The van der Waals surface area contributed by atoms with E-state index in [0.717, 1.165) is 39.7 Å². The van der Waals surface area contributed by atoms with Gasteiger partial charge in [-0.3, -0.25) is 4.79 Å². The van der Waals surface area contributed by atoms with Gasteiger partial charge in [0.2, 0.25) is 0 Å². The summed E-state index contributed by atoms with van der Waals surface area (Å²) in [7, 11) is 2.01. The highest BCUT2D eigenvalue weighted by molar-refractivity contribution is 6.08. The van der Waals surface area contributed by atoms with Crippen LogP contribution in [0.4, 0.5) is 17.2 Å². The van der Waals surface area contributed by atoms with Gasteiger partial charge in [-0.15, -0.1) is 0 Å². The van der Waals surface area contributed by atoms with Crippen LogP contribution in [0.3, 0.4) is 0 Å². The molecule has 0 bridgehead atoms. The van der Waals surface area contributed by atoms with E-state index >= 15 is 0 Å². The third kappa shape index (κ3) is 3.88. The van der Waals surface area contributed by atoms with Crippen molar-refractivity contribution in [3.05, 3.63) is 96.1 Å². The lowest BCUT2D eigenvalue weighted by Crippen LogP contribution is -2.24. The van der Waals surface area contributed by atoms with E-state index in [-0.39, 0.29) is 5.91 Å². The quantitative estimate of drug-likeness (QED) is 0.343. The molecule has 7 nitrogen and oxygen atoms in total. The van der Waals surface area contributed by atoms with Gasteiger partial charge in [0.05, 0.1) is 22.9 Å². The molecule has 1 fully saturated rings. The molecule has 0 aliphatic carbocycles. The van der Waals surface area contributed by atoms with Gasteiger partial charge < -0.3 is 14.8 Å². The van der Waals surface area contributed by atoms with E-state index < -0.39 is 0 Å². The number of hydrogen-bond donors (Lipinski definition) is 1. The average molecular weight is 475 g/mol. The molecule has 3 heterocycles. The summed E-state index contributed by atoms with van der Waals surface area (Å²) in [5, 5.41) is 4.33. The normalized spacial score (nSPS) is 13.8. The minimum atomic E-state index is -0.0193. The van der Waals surface area contributed by atoms with Crippen LogP contribution in [-0.2, 0) is 18.3 Å². The monoisotopic (exact) mass is 474 g/mol. The van der Waals surface area contributed by atoms with Crippen LogP contribution in [0.15, 0.2) is 79.4 Å². The molecule has 1 N–H and O–H groups in total. The molecule has 0 spiro atoms. The largest absolute Gasteiger partial charge is 0.340 e. The van der Waals surface area contributed by atoms with Gasteiger partial charge in [0.25, 0.3) is 5.91 Å². The molecule has 7 heteroatoms. The molecular weight excluding hydrogens is 448 g/mol. The molecule has 178 valence electrons. The topological polar surface area (TPSA) is 75.9 Å². The molecule has 5 aromatic rings. The summed E-state index contributed by atoms with van der Waals surface area (Å²) >= 11 is 0. The van der Waals surface area contributed by atoms with Crippen molar-refractivity contribution < 1.29 is 4.79 Å². The van der Waals surface area contributed by atoms with Crippen molar-refractivity contribution in [2.24, 2.45) is 7.05 Å². The molecule has 1 aliphatic rings. The Morgan fingerprint density at radius 1 is 1.00 bits per heavy atom. The second-order valence-corrected chi connectivity index (χ2v) is 9.36. The first-order valence-electron chi connectivity index (χ1n) is 12.0. The van der Waals surface area contributed by atoms with Gasteiger partial charge in [-0.2, -0.15) is 0 Å². The van der Waals surface area contributed by atoms with Gasteiger partial charge in [-0.05, 0) is 78.9 Å². The van der Waals surface area contributed by atoms with Crippen LogP contribution in [0.25, 0.3) is 21.9 Å². The summed E-state index contributed by atoms with van der Waals surface area (Å²) in [4.78, 5) is 27.6. The molecule has 36 heavy (non-hydrogen) atoms. The molecular formula is C29H26N6O. The number of amides is 1. The van der Waals surface area contributed by atoms with Crippen molar-refractivity contribution in [3.8, 4) is 0 Å². The molecule has 2 aromatic heterocycles. The second-order valence-electron chi connectivity index (χ2n) is 9.36. The molecule has 6 rings (SSSR count). The van der Waals surface area contributed by atoms with Gasteiger partial charge in [0.15, 0.2) is 0 Å². The number of carbonyl (C=O) groups excluding carboxylic acids is 1. The Hall–Kier alpha value is -4.52. The number of aryl methyl sites for hydroxylation is 2. The molecule has 1 amide bonds. The standard InChI is InChI=1S/C29H26N6O/c1-18-10-11-35(29(18)36)23-7-8-25-24(15-23)28(31-16-30-25)33-22-6-5-21(19(2)12-22)13-20-4-9-27-26(14-20)32-17-34(27)3/h4-9,12,14-17H,1,10-11,13H2,2-3H3,(H,30,31,33).